The molecule has 0 bridgehead atoms. The van der Waals surface area contributed by atoms with Gasteiger partial charge in [-0.3, -0.25) is 19.0 Å². The molecule has 5 rings (SSSR count). The van der Waals surface area contributed by atoms with E-state index in [1.54, 1.807) is 27.7 Å². The van der Waals surface area contributed by atoms with E-state index in [9.17, 15) is 19.2 Å². The quantitative estimate of drug-likeness (QED) is 0.431. The van der Waals surface area contributed by atoms with Gasteiger partial charge in [0.05, 0.1) is 12.9 Å². The fraction of sp³-hybridized carbons (Fsp3) is 0.269. The molecule has 1 saturated heterocycles. The van der Waals surface area contributed by atoms with Crippen molar-refractivity contribution < 1.29 is 9.59 Å². The van der Waals surface area contributed by atoms with Crippen molar-refractivity contribution in [2.24, 2.45) is 0 Å². The Kier molecular flexibility index (Phi) is 6.24. The first-order valence-corrected chi connectivity index (χ1v) is 11.9. The molecule has 2 amide bonds. The lowest BCUT2D eigenvalue weighted by Crippen LogP contribution is -2.43. The Morgan fingerprint density at radius 1 is 1.03 bits per heavy atom. The third kappa shape index (κ3) is 4.33. The van der Waals surface area contributed by atoms with Crippen molar-refractivity contribution in [3.05, 3.63) is 87.3 Å². The average Bonchev–Trinajstić information content (AvgIpc) is 3.51. The maximum Gasteiger partial charge on any atom is 0.333 e. The number of rotatable bonds is 7. The van der Waals surface area contributed by atoms with E-state index in [-0.39, 0.29) is 23.6 Å². The number of carbonyl (C=O) groups is 2. The zero-order chi connectivity index (χ0) is 25.2. The molecule has 0 spiro atoms. The number of benzene rings is 2. The van der Waals surface area contributed by atoms with Gasteiger partial charge in [-0.05, 0) is 37.1 Å². The second-order valence-corrected chi connectivity index (χ2v) is 8.70. The van der Waals surface area contributed by atoms with Crippen LogP contribution in [0, 0.1) is 0 Å². The highest BCUT2D eigenvalue weighted by Crippen LogP contribution is 2.24. The van der Waals surface area contributed by atoms with Gasteiger partial charge >= 0.3 is 5.69 Å². The summed E-state index contributed by atoms with van der Waals surface area (Å²) in [5.41, 5.74) is 1.44. The van der Waals surface area contributed by atoms with Crippen molar-refractivity contribution in [1.82, 2.24) is 18.7 Å². The Hall–Kier alpha value is -4.47. The molecule has 1 fully saturated rings. The van der Waals surface area contributed by atoms with Gasteiger partial charge in [0, 0.05) is 30.9 Å². The summed E-state index contributed by atoms with van der Waals surface area (Å²) in [5, 5.41) is 2.76. The first-order chi connectivity index (χ1) is 17.5. The molecule has 184 valence electrons. The average molecular weight is 487 g/mol. The molecule has 4 aromatic rings. The van der Waals surface area contributed by atoms with Crippen LogP contribution in [0.15, 0.2) is 70.5 Å². The zero-order valence-corrected chi connectivity index (χ0v) is 19.9. The SMILES string of the molecule is CCn1cnc2c1c(=O)n(CC(=O)Nc1cccc(N3CCCC3=O)c1)c(=O)n2Cc1ccccc1. The van der Waals surface area contributed by atoms with Crippen molar-refractivity contribution in [3.8, 4) is 0 Å². The Balaban J connectivity index is 1.47. The summed E-state index contributed by atoms with van der Waals surface area (Å²) in [4.78, 5) is 57.8. The highest BCUT2D eigenvalue weighted by molar-refractivity contribution is 5.97. The lowest BCUT2D eigenvalue weighted by molar-refractivity contribution is -0.117. The molecule has 0 radical (unpaired) electrons. The highest BCUT2D eigenvalue weighted by atomic mass is 16.2. The molecule has 2 aromatic carbocycles. The van der Waals surface area contributed by atoms with E-state index >= 15 is 0 Å². The van der Waals surface area contributed by atoms with Crippen molar-refractivity contribution in [3.63, 3.8) is 0 Å². The smallest absolute Gasteiger partial charge is 0.325 e. The molecule has 0 unspecified atom stereocenters. The van der Waals surface area contributed by atoms with Crippen LogP contribution in [0.2, 0.25) is 0 Å². The van der Waals surface area contributed by atoms with Crippen molar-refractivity contribution in [2.75, 3.05) is 16.8 Å². The summed E-state index contributed by atoms with van der Waals surface area (Å²) in [6.07, 6.45) is 2.83. The summed E-state index contributed by atoms with van der Waals surface area (Å²) < 4.78 is 4.04. The van der Waals surface area contributed by atoms with E-state index in [0.717, 1.165) is 16.6 Å². The second kappa shape index (κ2) is 9.65. The van der Waals surface area contributed by atoms with Crippen LogP contribution in [-0.2, 0) is 29.2 Å². The monoisotopic (exact) mass is 486 g/mol. The van der Waals surface area contributed by atoms with Crippen LogP contribution in [0.3, 0.4) is 0 Å². The number of anilines is 2. The number of imidazole rings is 1. The summed E-state index contributed by atoms with van der Waals surface area (Å²) in [7, 11) is 0. The lowest BCUT2D eigenvalue weighted by Gasteiger charge is -2.17. The number of aromatic nitrogens is 4. The van der Waals surface area contributed by atoms with Gasteiger partial charge in [-0.15, -0.1) is 0 Å². The van der Waals surface area contributed by atoms with Gasteiger partial charge in [-0.1, -0.05) is 36.4 Å². The van der Waals surface area contributed by atoms with E-state index in [1.165, 1.54) is 10.9 Å². The van der Waals surface area contributed by atoms with Crippen molar-refractivity contribution in [2.45, 2.75) is 39.4 Å². The molecule has 1 aliphatic rings. The molecule has 0 aliphatic carbocycles. The third-order valence-electron chi connectivity index (χ3n) is 6.32. The number of carbonyl (C=O) groups excluding carboxylic acids is 2. The van der Waals surface area contributed by atoms with E-state index in [2.05, 4.69) is 10.3 Å². The molecule has 10 heteroatoms. The minimum absolute atomic E-state index is 0.0461. The van der Waals surface area contributed by atoms with Crippen LogP contribution < -0.4 is 21.5 Å². The molecule has 1 N–H and O–H groups in total. The van der Waals surface area contributed by atoms with Crippen molar-refractivity contribution in [1.29, 1.82) is 0 Å². The van der Waals surface area contributed by atoms with E-state index in [4.69, 9.17) is 0 Å². The van der Waals surface area contributed by atoms with Gasteiger partial charge in [0.2, 0.25) is 11.8 Å². The normalized spacial score (nSPS) is 13.5. The summed E-state index contributed by atoms with van der Waals surface area (Å²) in [6, 6.07) is 16.4. The van der Waals surface area contributed by atoms with Gasteiger partial charge in [0.15, 0.2) is 11.2 Å². The molecule has 2 aromatic heterocycles. The molecular weight excluding hydrogens is 460 g/mol. The first kappa shape index (κ1) is 23.3. The number of fused-ring (bicyclic) bond motifs is 1. The predicted molar refractivity (Wildman–Crippen MR) is 136 cm³/mol. The van der Waals surface area contributed by atoms with E-state index in [1.807, 2.05) is 43.3 Å². The maximum absolute atomic E-state index is 13.4. The van der Waals surface area contributed by atoms with Crippen LogP contribution in [-0.4, -0.2) is 37.0 Å². The van der Waals surface area contributed by atoms with E-state index < -0.39 is 23.7 Å². The molecule has 0 saturated carbocycles. The number of hydrogen-bond donors (Lipinski definition) is 1. The number of aryl methyl sites for hydroxylation is 1. The van der Waals surface area contributed by atoms with Crippen LogP contribution in [0.25, 0.3) is 11.2 Å². The van der Waals surface area contributed by atoms with Crippen LogP contribution >= 0.6 is 0 Å². The molecule has 1 aliphatic heterocycles. The van der Waals surface area contributed by atoms with Gasteiger partial charge < -0.3 is 14.8 Å². The number of nitrogens with one attached hydrogen (secondary N) is 1. The number of amides is 2. The van der Waals surface area contributed by atoms with Crippen LogP contribution in [0.4, 0.5) is 11.4 Å². The van der Waals surface area contributed by atoms with Gasteiger partial charge in [-0.25, -0.2) is 14.3 Å². The molecule has 36 heavy (non-hydrogen) atoms. The largest absolute Gasteiger partial charge is 0.333 e. The lowest BCUT2D eigenvalue weighted by atomic mass is 10.2. The Bertz CT molecular complexity index is 1570. The summed E-state index contributed by atoms with van der Waals surface area (Å²) in [6.45, 7) is 2.76. The molecule has 10 nitrogen and oxygen atoms in total. The van der Waals surface area contributed by atoms with Crippen LogP contribution in [0.1, 0.15) is 25.3 Å². The van der Waals surface area contributed by atoms with Gasteiger partial charge in [-0.2, -0.15) is 0 Å². The Labute approximate surface area is 206 Å². The van der Waals surface area contributed by atoms with Crippen molar-refractivity contribution >= 4 is 34.4 Å². The predicted octanol–water partition coefficient (Wildman–Crippen LogP) is 2.19. The molecule has 0 atom stereocenters. The topological polar surface area (TPSA) is 111 Å². The fourth-order valence-corrected chi connectivity index (χ4v) is 4.54. The standard InChI is InChI=1S/C26H26N6O4/c1-2-29-17-27-24-23(29)25(35)32(26(36)31(24)15-18-8-4-3-5-9-18)16-21(33)28-19-10-6-11-20(14-19)30-13-7-12-22(30)34/h3-6,8-11,14,17H,2,7,12-13,15-16H2,1H3,(H,28,33). The minimum Gasteiger partial charge on any atom is -0.325 e. The van der Waals surface area contributed by atoms with Crippen LogP contribution in [0.5, 0.6) is 0 Å². The highest BCUT2D eigenvalue weighted by Gasteiger charge is 2.22. The zero-order valence-electron chi connectivity index (χ0n) is 19.9. The molecule has 3 heterocycles. The fourth-order valence-electron chi connectivity index (χ4n) is 4.54. The van der Waals surface area contributed by atoms with Gasteiger partial charge in [0.25, 0.3) is 5.56 Å². The molecular formula is C26H26N6O4. The van der Waals surface area contributed by atoms with Gasteiger partial charge in [0.1, 0.15) is 6.54 Å². The number of nitrogens with zero attached hydrogens (tertiary/aromatic N) is 5. The Morgan fingerprint density at radius 3 is 2.56 bits per heavy atom. The van der Waals surface area contributed by atoms with E-state index in [0.29, 0.717) is 30.9 Å². The Morgan fingerprint density at radius 2 is 1.83 bits per heavy atom. The first-order valence-electron chi connectivity index (χ1n) is 11.9. The maximum atomic E-state index is 13.4. The summed E-state index contributed by atoms with van der Waals surface area (Å²) >= 11 is 0. The number of hydrogen-bond acceptors (Lipinski definition) is 5. The minimum atomic E-state index is -0.607. The third-order valence-corrected chi connectivity index (χ3v) is 6.32. The second-order valence-electron chi connectivity index (χ2n) is 8.70. The summed E-state index contributed by atoms with van der Waals surface area (Å²) in [5.74, 6) is -0.475.